The highest BCUT2D eigenvalue weighted by molar-refractivity contribution is 9.10. The molecule has 2 heterocycles. The number of nitrogens with zero attached hydrogens (tertiary/aromatic N) is 3. The van der Waals surface area contributed by atoms with Gasteiger partial charge in [0, 0.05) is 15.9 Å². The monoisotopic (exact) mass is 403 g/mol. The fraction of sp³-hybridized carbons (Fsp3) is 0.333. The Balaban J connectivity index is 1.51. The van der Waals surface area contributed by atoms with Crippen molar-refractivity contribution in [3.63, 3.8) is 0 Å². The summed E-state index contributed by atoms with van der Waals surface area (Å²) < 4.78 is 6.51. The van der Waals surface area contributed by atoms with Crippen molar-refractivity contribution in [3.8, 4) is 10.7 Å². The number of aryl methyl sites for hydroxylation is 1. The van der Waals surface area contributed by atoms with Gasteiger partial charge >= 0.3 is 0 Å². The molecule has 0 spiro atoms. The third kappa shape index (κ3) is 3.18. The normalized spacial score (nSPS) is 17.2. The fourth-order valence-corrected chi connectivity index (χ4v) is 4.71. The minimum absolute atomic E-state index is 0.418. The van der Waals surface area contributed by atoms with Crippen LogP contribution in [-0.4, -0.2) is 22.1 Å². The second-order valence-corrected chi connectivity index (χ2v) is 7.99. The SMILES string of the molecule is CN(Cc1nc(-c2cc(Br)cs2)no1)[C@@H]1CCCc2ccccc21. The van der Waals surface area contributed by atoms with Crippen LogP contribution in [-0.2, 0) is 13.0 Å². The molecule has 0 aliphatic heterocycles. The Bertz CT molecular complexity index is 844. The van der Waals surface area contributed by atoms with Gasteiger partial charge in [0.15, 0.2) is 0 Å². The highest BCUT2D eigenvalue weighted by atomic mass is 79.9. The van der Waals surface area contributed by atoms with Crippen molar-refractivity contribution in [2.45, 2.75) is 31.8 Å². The van der Waals surface area contributed by atoms with Crippen molar-refractivity contribution >= 4 is 27.3 Å². The summed E-state index contributed by atoms with van der Waals surface area (Å²) >= 11 is 5.07. The third-order valence-electron chi connectivity index (χ3n) is 4.51. The van der Waals surface area contributed by atoms with E-state index in [1.807, 2.05) is 11.4 Å². The lowest BCUT2D eigenvalue weighted by molar-refractivity contribution is 0.187. The van der Waals surface area contributed by atoms with Crippen molar-refractivity contribution in [1.82, 2.24) is 15.0 Å². The number of rotatable bonds is 4. The first-order valence-corrected chi connectivity index (χ1v) is 9.73. The summed E-state index contributed by atoms with van der Waals surface area (Å²) in [4.78, 5) is 7.89. The molecule has 0 saturated carbocycles. The predicted octanol–water partition coefficient (Wildman–Crippen LogP) is 5.07. The molecule has 0 bridgehead atoms. The molecule has 1 aliphatic rings. The number of aromatic nitrogens is 2. The van der Waals surface area contributed by atoms with E-state index in [0.717, 1.165) is 9.35 Å². The van der Waals surface area contributed by atoms with Crippen LogP contribution in [0.3, 0.4) is 0 Å². The van der Waals surface area contributed by atoms with E-state index in [-0.39, 0.29) is 0 Å². The minimum Gasteiger partial charge on any atom is -0.338 e. The third-order valence-corrected chi connectivity index (χ3v) is 6.20. The molecule has 1 aromatic carbocycles. The molecule has 1 aliphatic carbocycles. The molecule has 1 atom stereocenters. The molecule has 6 heteroatoms. The van der Waals surface area contributed by atoms with Gasteiger partial charge in [-0.15, -0.1) is 11.3 Å². The number of hydrogen-bond acceptors (Lipinski definition) is 5. The van der Waals surface area contributed by atoms with Crippen molar-refractivity contribution in [2.75, 3.05) is 7.05 Å². The summed E-state index contributed by atoms with van der Waals surface area (Å²) in [7, 11) is 2.14. The Kier molecular flexibility index (Phi) is 4.52. The lowest BCUT2D eigenvalue weighted by Crippen LogP contribution is -2.27. The van der Waals surface area contributed by atoms with Gasteiger partial charge in [0.1, 0.15) is 0 Å². The van der Waals surface area contributed by atoms with Crippen LogP contribution in [0.5, 0.6) is 0 Å². The maximum atomic E-state index is 5.47. The van der Waals surface area contributed by atoms with Crippen LogP contribution in [0.25, 0.3) is 10.7 Å². The van der Waals surface area contributed by atoms with E-state index < -0.39 is 0 Å². The highest BCUT2D eigenvalue weighted by Crippen LogP contribution is 2.34. The molecule has 0 fully saturated rings. The zero-order chi connectivity index (χ0) is 16.5. The smallest absolute Gasteiger partial charge is 0.241 e. The van der Waals surface area contributed by atoms with Gasteiger partial charge in [0.25, 0.3) is 0 Å². The maximum absolute atomic E-state index is 5.47. The molecule has 0 radical (unpaired) electrons. The molecule has 124 valence electrons. The quantitative estimate of drug-likeness (QED) is 0.609. The summed E-state index contributed by atoms with van der Waals surface area (Å²) in [5.74, 6) is 1.33. The summed E-state index contributed by atoms with van der Waals surface area (Å²) in [6.45, 7) is 0.665. The Morgan fingerprint density at radius 2 is 2.25 bits per heavy atom. The molecule has 24 heavy (non-hydrogen) atoms. The second kappa shape index (κ2) is 6.78. The van der Waals surface area contributed by atoms with Crippen LogP contribution >= 0.6 is 27.3 Å². The Morgan fingerprint density at radius 3 is 3.08 bits per heavy atom. The number of benzene rings is 1. The van der Waals surface area contributed by atoms with Crippen molar-refractivity contribution in [2.24, 2.45) is 0 Å². The van der Waals surface area contributed by atoms with E-state index in [1.54, 1.807) is 11.3 Å². The first kappa shape index (κ1) is 16.0. The van der Waals surface area contributed by atoms with Gasteiger partial charge in [-0.2, -0.15) is 4.98 Å². The van der Waals surface area contributed by atoms with Gasteiger partial charge in [0.2, 0.25) is 11.7 Å². The topological polar surface area (TPSA) is 42.2 Å². The van der Waals surface area contributed by atoms with E-state index in [4.69, 9.17) is 4.52 Å². The largest absolute Gasteiger partial charge is 0.338 e. The zero-order valence-corrected chi connectivity index (χ0v) is 15.8. The number of thiophene rings is 1. The Morgan fingerprint density at radius 1 is 1.38 bits per heavy atom. The fourth-order valence-electron chi connectivity index (χ4n) is 3.36. The van der Waals surface area contributed by atoms with Gasteiger partial charge in [-0.25, -0.2) is 0 Å². The molecule has 0 N–H and O–H groups in total. The van der Waals surface area contributed by atoms with Crippen LogP contribution in [0.4, 0.5) is 0 Å². The molecule has 0 unspecified atom stereocenters. The summed E-state index contributed by atoms with van der Waals surface area (Å²) in [6, 6.07) is 11.2. The molecule has 2 aromatic heterocycles. The standard InChI is InChI=1S/C18H18BrN3OS/c1-22(15-8-4-6-12-5-2-3-7-14(12)15)10-17-20-18(21-23-17)16-9-13(19)11-24-16/h2-3,5,7,9,11,15H,4,6,8,10H2,1H3/t15-/m1/s1. The van der Waals surface area contributed by atoms with Gasteiger partial charge < -0.3 is 4.52 Å². The molecule has 4 nitrogen and oxygen atoms in total. The van der Waals surface area contributed by atoms with Gasteiger partial charge in [-0.05, 0) is 59.4 Å². The Hall–Kier alpha value is -1.50. The van der Waals surface area contributed by atoms with Crippen LogP contribution in [0.1, 0.15) is 35.9 Å². The van der Waals surface area contributed by atoms with Crippen LogP contribution in [0.15, 0.2) is 44.7 Å². The van der Waals surface area contributed by atoms with Gasteiger partial charge in [-0.1, -0.05) is 29.4 Å². The maximum Gasteiger partial charge on any atom is 0.241 e. The molecule has 4 rings (SSSR count). The van der Waals surface area contributed by atoms with Crippen molar-refractivity contribution in [3.05, 3.63) is 57.2 Å². The van der Waals surface area contributed by atoms with E-state index >= 15 is 0 Å². The lowest BCUT2D eigenvalue weighted by atomic mass is 9.87. The van der Waals surface area contributed by atoms with Crippen molar-refractivity contribution < 1.29 is 4.52 Å². The van der Waals surface area contributed by atoms with Crippen LogP contribution in [0, 0.1) is 0 Å². The molecule has 0 saturated heterocycles. The van der Waals surface area contributed by atoms with E-state index in [2.05, 4.69) is 62.3 Å². The Labute approximate surface area is 153 Å². The minimum atomic E-state index is 0.418. The summed E-state index contributed by atoms with van der Waals surface area (Å²) in [6.07, 6.45) is 3.58. The lowest BCUT2D eigenvalue weighted by Gasteiger charge is -2.32. The van der Waals surface area contributed by atoms with Crippen LogP contribution < -0.4 is 0 Å². The zero-order valence-electron chi connectivity index (χ0n) is 13.4. The highest BCUT2D eigenvalue weighted by Gasteiger charge is 2.24. The number of hydrogen-bond donors (Lipinski definition) is 0. The van der Waals surface area contributed by atoms with E-state index in [9.17, 15) is 0 Å². The molecular weight excluding hydrogens is 386 g/mol. The predicted molar refractivity (Wildman–Crippen MR) is 98.9 cm³/mol. The van der Waals surface area contributed by atoms with Gasteiger partial charge in [0.05, 0.1) is 11.4 Å². The van der Waals surface area contributed by atoms with Gasteiger partial charge in [-0.3, -0.25) is 4.90 Å². The average molecular weight is 404 g/mol. The summed E-state index contributed by atoms with van der Waals surface area (Å²) in [5, 5.41) is 6.14. The second-order valence-electron chi connectivity index (χ2n) is 6.16. The number of fused-ring (bicyclic) bond motifs is 1. The average Bonchev–Trinajstić information content (AvgIpc) is 3.23. The van der Waals surface area contributed by atoms with Crippen LogP contribution in [0.2, 0.25) is 0 Å². The van der Waals surface area contributed by atoms with E-state index in [1.165, 1.54) is 30.4 Å². The van der Waals surface area contributed by atoms with E-state index in [0.29, 0.717) is 24.3 Å². The molecular formula is C18H18BrN3OS. The number of halogens is 1. The molecule has 0 amide bonds. The van der Waals surface area contributed by atoms with Crippen molar-refractivity contribution in [1.29, 1.82) is 0 Å². The first-order chi connectivity index (χ1) is 11.7. The first-order valence-electron chi connectivity index (χ1n) is 8.06. The molecule has 3 aromatic rings. The summed E-state index contributed by atoms with van der Waals surface area (Å²) in [5.41, 5.74) is 2.91.